The molecule has 1 saturated heterocycles. The number of piperidine rings is 1. The average Bonchev–Trinajstić information content (AvgIpc) is 2.49. The number of methoxy groups -OCH3 is 1. The van der Waals surface area contributed by atoms with E-state index in [0.717, 1.165) is 37.9 Å². The summed E-state index contributed by atoms with van der Waals surface area (Å²) < 4.78 is 5.48. The molecule has 120 valence electrons. The summed E-state index contributed by atoms with van der Waals surface area (Å²) >= 11 is 0. The molecule has 1 aliphatic heterocycles. The molecule has 0 atom stereocenters. The van der Waals surface area contributed by atoms with E-state index in [4.69, 9.17) is 4.74 Å². The minimum absolute atomic E-state index is 0. The van der Waals surface area contributed by atoms with Gasteiger partial charge in [-0.05, 0) is 44.0 Å². The van der Waals surface area contributed by atoms with Gasteiger partial charge in [0.2, 0.25) is 0 Å². The molecule has 0 radical (unpaired) electrons. The number of hydrogen-bond acceptors (Lipinski definition) is 4. The number of halogens is 2. The first kappa shape index (κ1) is 20.1. The number of carbonyl (C=O) groups is 1. The summed E-state index contributed by atoms with van der Waals surface area (Å²) in [5.41, 5.74) is 0.472. The molecule has 2 rings (SSSR count). The molecular formula is C14H23Cl2N3O2. The van der Waals surface area contributed by atoms with Gasteiger partial charge in [-0.25, -0.2) is 0 Å². The summed E-state index contributed by atoms with van der Waals surface area (Å²) in [6.45, 7) is 2.26. The van der Waals surface area contributed by atoms with Crippen LogP contribution >= 0.6 is 24.8 Å². The van der Waals surface area contributed by atoms with Crippen molar-refractivity contribution >= 4 is 30.7 Å². The van der Waals surface area contributed by atoms with Crippen molar-refractivity contribution in [1.29, 1.82) is 0 Å². The highest BCUT2D eigenvalue weighted by atomic mass is 35.5. The maximum absolute atomic E-state index is 12.3. The number of hydrogen-bond donors (Lipinski definition) is 2. The van der Waals surface area contributed by atoms with E-state index in [0.29, 0.717) is 6.54 Å². The molecule has 0 aliphatic carbocycles. The maximum Gasteiger partial charge on any atom is 0.252 e. The van der Waals surface area contributed by atoms with Crippen LogP contribution in [0.5, 0.6) is 0 Å². The van der Waals surface area contributed by atoms with Crippen molar-refractivity contribution in [3.8, 4) is 0 Å². The van der Waals surface area contributed by atoms with Crippen LogP contribution in [-0.2, 0) is 16.0 Å². The summed E-state index contributed by atoms with van der Waals surface area (Å²) in [5, 5.41) is 6.22. The van der Waals surface area contributed by atoms with Gasteiger partial charge in [-0.1, -0.05) is 6.07 Å². The van der Waals surface area contributed by atoms with Gasteiger partial charge >= 0.3 is 0 Å². The number of ether oxygens (including phenoxy) is 1. The number of rotatable bonds is 5. The van der Waals surface area contributed by atoms with Gasteiger partial charge in [-0.3, -0.25) is 9.78 Å². The Balaban J connectivity index is 0.00000200. The van der Waals surface area contributed by atoms with Gasteiger partial charge in [0.15, 0.2) is 0 Å². The lowest BCUT2D eigenvalue weighted by Gasteiger charge is -2.34. The normalized spacial score (nSPS) is 16.2. The van der Waals surface area contributed by atoms with E-state index in [1.807, 2.05) is 18.3 Å². The van der Waals surface area contributed by atoms with Crippen molar-refractivity contribution in [3.63, 3.8) is 0 Å². The Bertz CT molecular complexity index is 412. The quantitative estimate of drug-likeness (QED) is 0.852. The molecule has 0 unspecified atom stereocenters. The zero-order chi connectivity index (χ0) is 13.6. The molecule has 1 aliphatic rings. The van der Waals surface area contributed by atoms with Gasteiger partial charge in [0.05, 0.1) is 0 Å². The van der Waals surface area contributed by atoms with Gasteiger partial charge in [-0.15, -0.1) is 24.8 Å². The van der Waals surface area contributed by atoms with Crippen LogP contribution in [0.2, 0.25) is 0 Å². The minimum Gasteiger partial charge on any atom is -0.368 e. The first-order valence-corrected chi connectivity index (χ1v) is 6.70. The van der Waals surface area contributed by atoms with Crippen LogP contribution in [0.1, 0.15) is 18.4 Å². The lowest BCUT2D eigenvalue weighted by Crippen LogP contribution is -2.54. The highest BCUT2D eigenvalue weighted by Crippen LogP contribution is 2.22. The molecule has 2 N–H and O–H groups in total. The van der Waals surface area contributed by atoms with Crippen molar-refractivity contribution in [2.45, 2.75) is 24.9 Å². The zero-order valence-electron chi connectivity index (χ0n) is 12.1. The van der Waals surface area contributed by atoms with Crippen LogP contribution in [-0.4, -0.2) is 43.2 Å². The van der Waals surface area contributed by atoms with Crippen molar-refractivity contribution in [1.82, 2.24) is 15.6 Å². The number of nitrogens with zero attached hydrogens (tertiary/aromatic N) is 1. The van der Waals surface area contributed by atoms with Crippen molar-refractivity contribution in [2.24, 2.45) is 0 Å². The SMILES string of the molecule is COC1(C(=O)NCCc2cccnc2)CCNCC1.Cl.Cl. The monoisotopic (exact) mass is 335 g/mol. The molecule has 0 saturated carbocycles. The maximum atomic E-state index is 12.3. The standard InChI is InChI=1S/C14H21N3O2.2ClH/c1-19-14(5-9-15-10-6-14)13(18)17-8-4-12-3-2-7-16-11-12;;/h2-3,7,11,15H,4-6,8-10H2,1H3,(H,17,18);2*1H. The molecule has 1 aromatic heterocycles. The first-order valence-electron chi connectivity index (χ1n) is 6.70. The van der Waals surface area contributed by atoms with Gasteiger partial charge < -0.3 is 15.4 Å². The number of amides is 1. The van der Waals surface area contributed by atoms with Crippen molar-refractivity contribution in [3.05, 3.63) is 30.1 Å². The lowest BCUT2D eigenvalue weighted by molar-refractivity contribution is -0.146. The third-order valence-corrected chi connectivity index (χ3v) is 3.64. The molecule has 0 bridgehead atoms. The number of aromatic nitrogens is 1. The first-order chi connectivity index (χ1) is 9.27. The largest absolute Gasteiger partial charge is 0.368 e. The number of nitrogens with one attached hydrogen (secondary N) is 2. The molecule has 0 spiro atoms. The second-order valence-corrected chi connectivity index (χ2v) is 4.82. The van der Waals surface area contributed by atoms with E-state index in [1.165, 1.54) is 0 Å². The third-order valence-electron chi connectivity index (χ3n) is 3.64. The van der Waals surface area contributed by atoms with E-state index in [1.54, 1.807) is 13.3 Å². The molecule has 1 aromatic rings. The molecular weight excluding hydrogens is 313 g/mol. The Morgan fingerprint density at radius 2 is 2.14 bits per heavy atom. The van der Waals surface area contributed by atoms with E-state index in [9.17, 15) is 4.79 Å². The van der Waals surface area contributed by atoms with E-state index in [2.05, 4.69) is 15.6 Å². The summed E-state index contributed by atoms with van der Waals surface area (Å²) in [6, 6.07) is 3.91. The van der Waals surface area contributed by atoms with Gasteiger partial charge in [0, 0.05) is 26.0 Å². The van der Waals surface area contributed by atoms with Crippen LogP contribution in [0.15, 0.2) is 24.5 Å². The number of pyridine rings is 1. The molecule has 1 amide bonds. The average molecular weight is 336 g/mol. The summed E-state index contributed by atoms with van der Waals surface area (Å²) in [7, 11) is 1.62. The predicted molar refractivity (Wildman–Crippen MR) is 87.3 cm³/mol. The van der Waals surface area contributed by atoms with Crippen LogP contribution in [0.4, 0.5) is 0 Å². The van der Waals surface area contributed by atoms with E-state index in [-0.39, 0.29) is 30.7 Å². The van der Waals surface area contributed by atoms with Crippen molar-refractivity contribution in [2.75, 3.05) is 26.7 Å². The third kappa shape index (κ3) is 5.43. The fourth-order valence-corrected chi connectivity index (χ4v) is 2.38. The van der Waals surface area contributed by atoms with Crippen LogP contribution < -0.4 is 10.6 Å². The summed E-state index contributed by atoms with van der Waals surface area (Å²) in [6.07, 6.45) is 5.81. The van der Waals surface area contributed by atoms with Crippen molar-refractivity contribution < 1.29 is 9.53 Å². The Labute approximate surface area is 138 Å². The summed E-state index contributed by atoms with van der Waals surface area (Å²) in [5.74, 6) is 0.000361. The molecule has 21 heavy (non-hydrogen) atoms. The van der Waals surface area contributed by atoms with Gasteiger partial charge in [0.1, 0.15) is 5.60 Å². The van der Waals surface area contributed by atoms with Crippen LogP contribution in [0, 0.1) is 0 Å². The van der Waals surface area contributed by atoms with E-state index < -0.39 is 5.60 Å². The topological polar surface area (TPSA) is 63.2 Å². The van der Waals surface area contributed by atoms with Crippen LogP contribution in [0.3, 0.4) is 0 Å². The zero-order valence-corrected chi connectivity index (χ0v) is 13.8. The Hall–Kier alpha value is -0.880. The smallest absolute Gasteiger partial charge is 0.252 e. The molecule has 2 heterocycles. The highest BCUT2D eigenvalue weighted by Gasteiger charge is 2.39. The Kier molecular flexibility index (Phi) is 9.53. The lowest BCUT2D eigenvalue weighted by atomic mass is 9.91. The fourth-order valence-electron chi connectivity index (χ4n) is 2.38. The Morgan fingerprint density at radius 3 is 2.71 bits per heavy atom. The fraction of sp³-hybridized carbons (Fsp3) is 0.571. The molecule has 0 aromatic carbocycles. The van der Waals surface area contributed by atoms with Gasteiger partial charge in [0.25, 0.3) is 5.91 Å². The summed E-state index contributed by atoms with van der Waals surface area (Å²) in [4.78, 5) is 16.3. The second kappa shape index (κ2) is 9.95. The van der Waals surface area contributed by atoms with Crippen LogP contribution in [0.25, 0.3) is 0 Å². The van der Waals surface area contributed by atoms with Gasteiger partial charge in [-0.2, -0.15) is 0 Å². The molecule has 7 heteroatoms. The van der Waals surface area contributed by atoms with E-state index >= 15 is 0 Å². The highest BCUT2D eigenvalue weighted by molar-refractivity contribution is 5.86. The Morgan fingerprint density at radius 1 is 1.43 bits per heavy atom. The number of carbonyl (C=O) groups excluding carboxylic acids is 1. The molecule has 5 nitrogen and oxygen atoms in total. The molecule has 1 fully saturated rings. The second-order valence-electron chi connectivity index (χ2n) is 4.82. The predicted octanol–water partition coefficient (Wildman–Crippen LogP) is 1.35. The minimum atomic E-state index is -0.653.